The fourth-order valence-electron chi connectivity index (χ4n) is 3.33. The summed E-state index contributed by atoms with van der Waals surface area (Å²) in [7, 11) is 0. The molecule has 2 aliphatic rings. The third-order valence-corrected chi connectivity index (χ3v) is 4.34. The molecular weight excluding hydrogens is 216 g/mol. The summed E-state index contributed by atoms with van der Waals surface area (Å²) in [5.41, 5.74) is 2.22. The van der Waals surface area contributed by atoms with Crippen molar-refractivity contribution in [3.63, 3.8) is 0 Å². The number of benzene rings is 1. The van der Waals surface area contributed by atoms with Crippen molar-refractivity contribution >= 4 is 0 Å². The van der Waals surface area contributed by atoms with Crippen molar-refractivity contribution in [1.29, 1.82) is 0 Å². The van der Waals surface area contributed by atoms with Crippen LogP contribution in [-0.4, -0.2) is 29.5 Å². The van der Waals surface area contributed by atoms with Gasteiger partial charge in [0.05, 0.1) is 6.10 Å². The van der Waals surface area contributed by atoms with Crippen molar-refractivity contribution < 1.29 is 14.9 Å². The summed E-state index contributed by atoms with van der Waals surface area (Å²) in [6.45, 7) is 1.40. The van der Waals surface area contributed by atoms with Crippen molar-refractivity contribution in [1.82, 2.24) is 0 Å². The Bertz CT molecular complexity index is 421. The molecule has 3 rings (SSSR count). The van der Waals surface area contributed by atoms with E-state index in [-0.39, 0.29) is 11.5 Å². The summed E-state index contributed by atoms with van der Waals surface area (Å²) >= 11 is 0. The molecule has 1 aromatic rings. The van der Waals surface area contributed by atoms with Gasteiger partial charge >= 0.3 is 0 Å². The van der Waals surface area contributed by atoms with Crippen LogP contribution in [0.25, 0.3) is 0 Å². The van der Waals surface area contributed by atoms with E-state index in [9.17, 15) is 10.2 Å². The maximum Gasteiger partial charge on any atom is 0.115 e. The Morgan fingerprint density at radius 1 is 1.24 bits per heavy atom. The van der Waals surface area contributed by atoms with Gasteiger partial charge in [-0.2, -0.15) is 0 Å². The maximum absolute atomic E-state index is 10.4. The largest absolute Gasteiger partial charge is 0.508 e. The molecule has 3 heteroatoms. The van der Waals surface area contributed by atoms with Crippen LogP contribution in [0, 0.1) is 0 Å². The van der Waals surface area contributed by atoms with Crippen molar-refractivity contribution in [2.24, 2.45) is 0 Å². The van der Waals surface area contributed by atoms with E-state index in [0.29, 0.717) is 19.0 Å². The highest BCUT2D eigenvalue weighted by Crippen LogP contribution is 2.45. The Labute approximate surface area is 101 Å². The number of hydrogen-bond donors (Lipinski definition) is 2. The van der Waals surface area contributed by atoms with Crippen molar-refractivity contribution in [3.05, 3.63) is 29.3 Å². The highest BCUT2D eigenvalue weighted by atomic mass is 16.5. The number of fused-ring (bicyclic) bond motifs is 2. The second-order valence-corrected chi connectivity index (χ2v) is 5.16. The molecule has 1 spiro atoms. The van der Waals surface area contributed by atoms with Gasteiger partial charge < -0.3 is 14.9 Å². The topological polar surface area (TPSA) is 49.7 Å². The summed E-state index contributed by atoms with van der Waals surface area (Å²) < 4.78 is 5.42. The normalized spacial score (nSPS) is 26.8. The number of aliphatic hydroxyl groups excluding tert-OH is 1. The molecule has 1 aliphatic carbocycles. The van der Waals surface area contributed by atoms with Gasteiger partial charge in [-0.05, 0) is 48.9 Å². The quantitative estimate of drug-likeness (QED) is 0.719. The molecule has 3 nitrogen and oxygen atoms in total. The van der Waals surface area contributed by atoms with E-state index in [0.717, 1.165) is 31.2 Å². The lowest BCUT2D eigenvalue weighted by Crippen LogP contribution is -2.47. The van der Waals surface area contributed by atoms with Gasteiger partial charge in [-0.3, -0.25) is 0 Å². The van der Waals surface area contributed by atoms with Gasteiger partial charge in [-0.25, -0.2) is 0 Å². The van der Waals surface area contributed by atoms with Gasteiger partial charge in [0, 0.05) is 18.6 Å². The molecule has 1 saturated heterocycles. The molecule has 1 fully saturated rings. The Morgan fingerprint density at radius 2 is 2.00 bits per heavy atom. The van der Waals surface area contributed by atoms with Crippen molar-refractivity contribution in [2.75, 3.05) is 13.2 Å². The molecule has 2 N–H and O–H groups in total. The SMILES string of the molecule is Oc1ccc2c(c1)C1(CCOCC1)C(O)CC2. The first-order valence-electron chi connectivity index (χ1n) is 6.30. The van der Waals surface area contributed by atoms with E-state index in [4.69, 9.17) is 4.74 Å². The van der Waals surface area contributed by atoms with Gasteiger partial charge in [0.1, 0.15) is 5.75 Å². The second-order valence-electron chi connectivity index (χ2n) is 5.16. The van der Waals surface area contributed by atoms with Crippen LogP contribution in [0.4, 0.5) is 0 Å². The summed E-state index contributed by atoms with van der Waals surface area (Å²) in [4.78, 5) is 0. The molecule has 1 heterocycles. The van der Waals surface area contributed by atoms with Crippen LogP contribution in [0.2, 0.25) is 0 Å². The van der Waals surface area contributed by atoms with Gasteiger partial charge in [-0.15, -0.1) is 0 Å². The number of aliphatic hydroxyl groups is 1. The zero-order valence-corrected chi connectivity index (χ0v) is 9.85. The van der Waals surface area contributed by atoms with E-state index in [1.54, 1.807) is 6.07 Å². The van der Waals surface area contributed by atoms with Crippen LogP contribution < -0.4 is 0 Å². The molecule has 0 amide bonds. The van der Waals surface area contributed by atoms with Gasteiger partial charge in [0.2, 0.25) is 0 Å². The molecule has 0 aromatic heterocycles. The Kier molecular flexibility index (Phi) is 2.60. The smallest absolute Gasteiger partial charge is 0.115 e. The Morgan fingerprint density at radius 3 is 2.76 bits per heavy atom. The minimum absolute atomic E-state index is 0.190. The molecule has 17 heavy (non-hydrogen) atoms. The highest BCUT2D eigenvalue weighted by molar-refractivity contribution is 5.43. The van der Waals surface area contributed by atoms with E-state index in [1.807, 2.05) is 12.1 Å². The summed E-state index contributed by atoms with van der Waals surface area (Å²) in [5.74, 6) is 0.295. The minimum atomic E-state index is -0.305. The summed E-state index contributed by atoms with van der Waals surface area (Å²) in [6.07, 6.45) is 3.12. The fraction of sp³-hybridized carbons (Fsp3) is 0.571. The number of phenolic OH excluding ortho intramolecular Hbond substituents is 1. The van der Waals surface area contributed by atoms with Crippen LogP contribution in [0.3, 0.4) is 0 Å². The fourth-order valence-corrected chi connectivity index (χ4v) is 3.33. The first-order chi connectivity index (χ1) is 8.22. The number of ether oxygens (including phenoxy) is 1. The lowest BCUT2D eigenvalue weighted by molar-refractivity contribution is -0.0238. The predicted molar refractivity (Wildman–Crippen MR) is 64.2 cm³/mol. The van der Waals surface area contributed by atoms with Crippen LogP contribution in [0.1, 0.15) is 30.4 Å². The molecule has 0 bridgehead atoms. The Balaban J connectivity index is 2.11. The first-order valence-corrected chi connectivity index (χ1v) is 6.30. The zero-order valence-electron chi connectivity index (χ0n) is 9.85. The average molecular weight is 234 g/mol. The molecular formula is C14H18O3. The Hall–Kier alpha value is -1.06. The van der Waals surface area contributed by atoms with Crippen molar-refractivity contribution in [3.8, 4) is 5.75 Å². The second kappa shape index (κ2) is 4.00. The number of rotatable bonds is 0. The predicted octanol–water partition coefficient (Wildman–Crippen LogP) is 1.75. The lowest BCUT2D eigenvalue weighted by Gasteiger charge is -2.45. The molecule has 0 saturated carbocycles. The van der Waals surface area contributed by atoms with E-state index in [2.05, 4.69) is 0 Å². The number of hydrogen-bond acceptors (Lipinski definition) is 3. The summed E-state index contributed by atoms with van der Waals surface area (Å²) in [5, 5.41) is 20.1. The van der Waals surface area contributed by atoms with Gasteiger partial charge in [0.25, 0.3) is 0 Å². The zero-order chi connectivity index (χ0) is 11.9. The number of phenols is 1. The van der Waals surface area contributed by atoms with Gasteiger partial charge in [0.15, 0.2) is 0 Å². The van der Waals surface area contributed by atoms with E-state index in [1.165, 1.54) is 5.56 Å². The molecule has 92 valence electrons. The molecule has 1 aliphatic heterocycles. The lowest BCUT2D eigenvalue weighted by atomic mass is 9.64. The average Bonchev–Trinajstić information content (AvgIpc) is 2.36. The first kappa shape index (κ1) is 11.1. The third-order valence-electron chi connectivity index (χ3n) is 4.34. The van der Waals surface area contributed by atoms with E-state index < -0.39 is 0 Å². The number of aryl methyl sites for hydroxylation is 1. The van der Waals surface area contributed by atoms with Gasteiger partial charge in [-0.1, -0.05) is 6.07 Å². The highest BCUT2D eigenvalue weighted by Gasteiger charge is 2.44. The summed E-state index contributed by atoms with van der Waals surface area (Å²) in [6, 6.07) is 5.57. The van der Waals surface area contributed by atoms with Crippen LogP contribution in [-0.2, 0) is 16.6 Å². The maximum atomic E-state index is 10.4. The molecule has 1 atom stereocenters. The monoisotopic (exact) mass is 234 g/mol. The van der Waals surface area contributed by atoms with Crippen molar-refractivity contribution in [2.45, 2.75) is 37.2 Å². The molecule has 0 radical (unpaired) electrons. The minimum Gasteiger partial charge on any atom is -0.508 e. The van der Waals surface area contributed by atoms with Crippen LogP contribution in [0.15, 0.2) is 18.2 Å². The van der Waals surface area contributed by atoms with Crippen LogP contribution in [0.5, 0.6) is 5.75 Å². The number of aromatic hydroxyl groups is 1. The third kappa shape index (κ3) is 1.65. The standard InChI is InChI=1S/C14H18O3/c15-11-3-1-10-2-4-13(16)14(12(10)9-11)5-7-17-8-6-14/h1,3,9,13,15-16H,2,4-8H2. The molecule has 1 aromatic carbocycles. The molecule has 1 unspecified atom stereocenters. The van der Waals surface area contributed by atoms with Crippen LogP contribution >= 0.6 is 0 Å². The van der Waals surface area contributed by atoms with E-state index >= 15 is 0 Å².